The van der Waals surface area contributed by atoms with Gasteiger partial charge < -0.3 is 18.6 Å². The number of carbonyl (C=O) groups excluding carboxylic acids is 1. The van der Waals surface area contributed by atoms with Crippen LogP contribution >= 0.6 is 0 Å². The highest BCUT2D eigenvalue weighted by molar-refractivity contribution is 6.74. The number of rotatable bonds is 9. The molecule has 0 spiro atoms. The molecular formula is C31H54O5Si. The monoisotopic (exact) mass is 534 g/mol. The number of allylic oxidation sites excluding steroid dienone is 3. The Morgan fingerprint density at radius 2 is 1.86 bits per heavy atom. The molecule has 3 saturated carbocycles. The summed E-state index contributed by atoms with van der Waals surface area (Å²) in [6.45, 7) is 18.8. The number of hydrogen-bond donors (Lipinski definition) is 0. The second kappa shape index (κ2) is 12.5. The second-order valence-corrected chi connectivity index (χ2v) is 18.5. The van der Waals surface area contributed by atoms with E-state index in [2.05, 4.69) is 59.9 Å². The fourth-order valence-electron chi connectivity index (χ4n) is 7.04. The van der Waals surface area contributed by atoms with E-state index < -0.39 is 8.32 Å². The van der Waals surface area contributed by atoms with Gasteiger partial charge in [0.1, 0.15) is 6.79 Å². The lowest BCUT2D eigenvalue weighted by molar-refractivity contribution is -0.143. The van der Waals surface area contributed by atoms with Crippen molar-refractivity contribution in [1.29, 1.82) is 0 Å². The fraction of sp³-hybridized carbons (Fsp3) is 0.839. The average Bonchev–Trinajstić information content (AvgIpc) is 3.16. The number of ether oxygens (including phenoxy) is 3. The maximum atomic E-state index is 11.4. The van der Waals surface area contributed by atoms with Gasteiger partial charge in [-0.25, -0.2) is 0 Å². The largest absolute Gasteiger partial charge is 0.466 e. The Labute approximate surface area is 227 Å². The summed E-state index contributed by atoms with van der Waals surface area (Å²) in [6.07, 6.45) is 14.3. The van der Waals surface area contributed by atoms with Crippen LogP contribution < -0.4 is 0 Å². The van der Waals surface area contributed by atoms with Gasteiger partial charge in [-0.3, -0.25) is 4.79 Å². The molecule has 0 aliphatic heterocycles. The number of methoxy groups -OCH3 is 1. The van der Waals surface area contributed by atoms with Crippen molar-refractivity contribution in [3.05, 3.63) is 23.3 Å². The first kappa shape index (κ1) is 30.6. The molecule has 6 heteroatoms. The molecule has 3 aliphatic rings. The molecule has 37 heavy (non-hydrogen) atoms. The molecule has 0 radical (unpaired) electrons. The van der Waals surface area contributed by atoms with Gasteiger partial charge in [-0.2, -0.15) is 0 Å². The zero-order valence-corrected chi connectivity index (χ0v) is 26.2. The Bertz CT molecular complexity index is 841. The summed E-state index contributed by atoms with van der Waals surface area (Å²) >= 11 is 0. The van der Waals surface area contributed by atoms with Crippen molar-refractivity contribution >= 4 is 14.3 Å². The Morgan fingerprint density at radius 1 is 1.16 bits per heavy atom. The molecule has 0 aromatic carbocycles. The van der Waals surface area contributed by atoms with E-state index in [0.29, 0.717) is 36.6 Å². The molecule has 212 valence electrons. The minimum atomic E-state index is -1.86. The molecule has 0 unspecified atom stereocenters. The molecule has 0 N–H and O–H groups in total. The average molecular weight is 535 g/mol. The van der Waals surface area contributed by atoms with Gasteiger partial charge in [0.25, 0.3) is 0 Å². The molecule has 0 aromatic rings. The molecule has 3 rings (SSSR count). The molecule has 0 saturated heterocycles. The predicted molar refractivity (Wildman–Crippen MR) is 153 cm³/mol. The van der Waals surface area contributed by atoms with Gasteiger partial charge >= 0.3 is 5.97 Å². The highest BCUT2D eigenvalue weighted by Crippen LogP contribution is 2.59. The van der Waals surface area contributed by atoms with E-state index in [1.807, 2.05) is 0 Å². The third-order valence-electron chi connectivity index (χ3n) is 10.0. The minimum Gasteiger partial charge on any atom is -0.466 e. The van der Waals surface area contributed by atoms with E-state index in [-0.39, 0.29) is 23.2 Å². The van der Waals surface area contributed by atoms with Gasteiger partial charge in [-0.1, -0.05) is 57.9 Å². The first-order chi connectivity index (χ1) is 17.3. The summed E-state index contributed by atoms with van der Waals surface area (Å²) in [7, 11) is -0.169. The van der Waals surface area contributed by atoms with E-state index in [1.54, 1.807) is 12.7 Å². The van der Waals surface area contributed by atoms with E-state index in [4.69, 9.17) is 18.6 Å². The summed E-state index contributed by atoms with van der Waals surface area (Å²) in [4.78, 5) is 11.4. The number of esters is 1. The van der Waals surface area contributed by atoms with Gasteiger partial charge in [-0.05, 0) is 92.7 Å². The second-order valence-electron chi connectivity index (χ2n) is 13.8. The SMILES string of the molecule is COCO[C@@H]1C/C(=C/C=C2/CCC[C@]3(C)[C@@H]([C@H](C)COC(C)=O)CC[C@@H]23)C[C@@H](O[Si](C)(C)C(C)(C)C)C1. The van der Waals surface area contributed by atoms with Crippen molar-refractivity contribution in [3.63, 3.8) is 0 Å². The standard InChI is InChI=1S/C31H54O5Si/c1-22(20-34-23(2)32)28-14-15-29-25(11-10-16-31(28,29)6)13-12-24-17-26(35-21-33-7)19-27(18-24)36-37(8,9)30(3,4)5/h12-13,22,26-29H,10-11,14-21H2,1-9H3/b24-12-,25-13-/t22-,26-,27-,28-,29+,31-/m1/s1. The summed E-state index contributed by atoms with van der Waals surface area (Å²) in [5.41, 5.74) is 3.35. The molecule has 3 aliphatic carbocycles. The molecule has 3 fully saturated rings. The highest BCUT2D eigenvalue weighted by Gasteiger charge is 2.50. The molecular weight excluding hydrogens is 480 g/mol. The normalized spacial score (nSPS) is 34.0. The zero-order chi connectivity index (χ0) is 27.4. The van der Waals surface area contributed by atoms with Crippen molar-refractivity contribution in [2.45, 2.75) is 123 Å². The van der Waals surface area contributed by atoms with Gasteiger partial charge in [0.2, 0.25) is 0 Å². The van der Waals surface area contributed by atoms with Crippen molar-refractivity contribution in [2.24, 2.45) is 23.2 Å². The number of fused-ring (bicyclic) bond motifs is 1. The Kier molecular flexibility index (Phi) is 10.3. The van der Waals surface area contributed by atoms with E-state index in [0.717, 1.165) is 19.3 Å². The predicted octanol–water partition coefficient (Wildman–Crippen LogP) is 7.82. The highest BCUT2D eigenvalue weighted by atomic mass is 28.4. The third kappa shape index (κ3) is 7.58. The van der Waals surface area contributed by atoms with Crippen LogP contribution in [0, 0.1) is 23.2 Å². The smallest absolute Gasteiger partial charge is 0.302 e. The van der Waals surface area contributed by atoms with Gasteiger partial charge in [0, 0.05) is 14.0 Å². The van der Waals surface area contributed by atoms with Crippen LogP contribution in [0.2, 0.25) is 18.1 Å². The van der Waals surface area contributed by atoms with Crippen molar-refractivity contribution in [3.8, 4) is 0 Å². The van der Waals surface area contributed by atoms with Crippen molar-refractivity contribution in [1.82, 2.24) is 0 Å². The van der Waals surface area contributed by atoms with E-state index in [1.165, 1.54) is 44.6 Å². The summed E-state index contributed by atoms with van der Waals surface area (Å²) in [5, 5.41) is 0.192. The number of carbonyl (C=O) groups is 1. The van der Waals surface area contributed by atoms with Gasteiger partial charge in [0.05, 0.1) is 18.8 Å². The first-order valence-corrected chi connectivity index (χ1v) is 17.5. The molecule has 5 nitrogen and oxygen atoms in total. The molecule has 6 atom stereocenters. The van der Waals surface area contributed by atoms with Crippen LogP contribution in [0.15, 0.2) is 23.3 Å². The lowest BCUT2D eigenvalue weighted by Gasteiger charge is -2.44. The maximum absolute atomic E-state index is 11.4. The summed E-state index contributed by atoms with van der Waals surface area (Å²) in [6, 6.07) is 0. The summed E-state index contributed by atoms with van der Waals surface area (Å²) < 4.78 is 23.6. The van der Waals surface area contributed by atoms with Crippen molar-refractivity contribution < 1.29 is 23.4 Å². The van der Waals surface area contributed by atoms with Crippen LogP contribution in [0.5, 0.6) is 0 Å². The van der Waals surface area contributed by atoms with E-state index >= 15 is 0 Å². The topological polar surface area (TPSA) is 54.0 Å². The first-order valence-electron chi connectivity index (χ1n) is 14.6. The summed E-state index contributed by atoms with van der Waals surface area (Å²) in [5.74, 6) is 1.48. The number of hydrogen-bond acceptors (Lipinski definition) is 5. The third-order valence-corrected chi connectivity index (χ3v) is 14.5. The van der Waals surface area contributed by atoms with Crippen LogP contribution in [0.3, 0.4) is 0 Å². The maximum Gasteiger partial charge on any atom is 0.302 e. The lowest BCUT2D eigenvalue weighted by atomic mass is 9.61. The molecule has 0 bridgehead atoms. The van der Waals surface area contributed by atoms with Gasteiger partial charge in [0.15, 0.2) is 8.32 Å². The van der Waals surface area contributed by atoms with Gasteiger partial charge in [-0.15, -0.1) is 0 Å². The molecule has 0 heterocycles. The quantitative estimate of drug-likeness (QED) is 0.171. The zero-order valence-electron chi connectivity index (χ0n) is 25.2. The Morgan fingerprint density at radius 3 is 2.51 bits per heavy atom. The minimum absolute atomic E-state index is 0.141. The van der Waals surface area contributed by atoms with Crippen LogP contribution in [0.1, 0.15) is 92.9 Å². The molecule has 0 aromatic heterocycles. The lowest BCUT2D eigenvalue weighted by Crippen LogP contribution is -2.46. The van der Waals surface area contributed by atoms with Crippen molar-refractivity contribution in [2.75, 3.05) is 20.5 Å². The molecule has 0 amide bonds. The van der Waals surface area contributed by atoms with Crippen LogP contribution in [-0.2, 0) is 23.4 Å². The van der Waals surface area contributed by atoms with Crippen LogP contribution in [0.25, 0.3) is 0 Å². The van der Waals surface area contributed by atoms with E-state index in [9.17, 15) is 4.79 Å². The van der Waals surface area contributed by atoms with Crippen LogP contribution in [-0.4, -0.2) is 47.0 Å². The Hall–Kier alpha value is -0.953. The Balaban J connectivity index is 1.76. The van der Waals surface area contributed by atoms with Crippen LogP contribution in [0.4, 0.5) is 0 Å². The fourth-order valence-corrected chi connectivity index (χ4v) is 8.41.